The van der Waals surface area contributed by atoms with E-state index in [9.17, 15) is 4.79 Å². The van der Waals surface area contributed by atoms with E-state index in [0.29, 0.717) is 0 Å². The quantitative estimate of drug-likeness (QED) is 0.655. The molecule has 0 fully saturated rings. The van der Waals surface area contributed by atoms with Crippen LogP contribution in [0, 0.1) is 0 Å². The zero-order valence-corrected chi connectivity index (χ0v) is 5.05. The van der Waals surface area contributed by atoms with E-state index >= 15 is 0 Å². The van der Waals surface area contributed by atoms with Crippen LogP contribution >= 0.6 is 11.6 Å². The maximum atomic E-state index is 10.1. The molecular weight excluding hydrogens is 144 g/mol. The molecule has 0 spiro atoms. The van der Waals surface area contributed by atoms with Crippen molar-refractivity contribution in [2.75, 3.05) is 0 Å². The number of hydrogen-bond acceptors (Lipinski definition) is 2. The van der Waals surface area contributed by atoms with E-state index in [0.717, 1.165) is 0 Å². The Kier molecular flexibility index (Phi) is 1.44. The van der Waals surface area contributed by atoms with Crippen LogP contribution in [0.1, 0.15) is 10.6 Å². The van der Waals surface area contributed by atoms with E-state index in [4.69, 9.17) is 16.7 Å². The molecular formula is C5H3ClO3. The fourth-order valence-corrected chi connectivity index (χ4v) is 0.575. The summed E-state index contributed by atoms with van der Waals surface area (Å²) in [4.78, 5) is 10.1. The predicted molar refractivity (Wildman–Crippen MR) is 30.7 cm³/mol. The van der Waals surface area contributed by atoms with Gasteiger partial charge in [0.2, 0.25) is 5.76 Å². The Hall–Kier alpha value is -0.960. The van der Waals surface area contributed by atoms with Gasteiger partial charge in [-0.2, -0.15) is 0 Å². The molecule has 0 aromatic carbocycles. The summed E-state index contributed by atoms with van der Waals surface area (Å²) in [6.07, 6.45) is 0. The van der Waals surface area contributed by atoms with E-state index in [-0.39, 0.29) is 11.0 Å². The van der Waals surface area contributed by atoms with Gasteiger partial charge in [0, 0.05) is 0 Å². The van der Waals surface area contributed by atoms with Gasteiger partial charge in [-0.1, -0.05) is 0 Å². The molecule has 3 nitrogen and oxygen atoms in total. The van der Waals surface area contributed by atoms with Crippen molar-refractivity contribution >= 4 is 17.6 Å². The monoisotopic (exact) mass is 146 g/mol. The summed E-state index contributed by atoms with van der Waals surface area (Å²) < 4.78 is 4.51. The van der Waals surface area contributed by atoms with Crippen molar-refractivity contribution in [2.45, 2.75) is 0 Å². The number of carboxylic acid groups (broad SMARTS) is 1. The van der Waals surface area contributed by atoms with Gasteiger partial charge in [-0.25, -0.2) is 4.79 Å². The third-order valence-electron chi connectivity index (χ3n) is 0.784. The maximum absolute atomic E-state index is 10.1. The van der Waals surface area contributed by atoms with E-state index in [2.05, 4.69) is 4.42 Å². The van der Waals surface area contributed by atoms with Crippen LogP contribution in [0.15, 0.2) is 16.5 Å². The third-order valence-corrected chi connectivity index (χ3v) is 0.987. The maximum Gasteiger partial charge on any atom is 0.371 e. The van der Waals surface area contributed by atoms with Crippen molar-refractivity contribution in [1.82, 2.24) is 0 Å². The summed E-state index contributed by atoms with van der Waals surface area (Å²) >= 11 is 5.27. The van der Waals surface area contributed by atoms with E-state index < -0.39 is 5.97 Å². The average Bonchev–Trinajstić information content (AvgIpc) is 2.14. The second-order valence-corrected chi connectivity index (χ2v) is 1.78. The van der Waals surface area contributed by atoms with Gasteiger partial charge in [-0.05, 0) is 23.7 Å². The Morgan fingerprint density at radius 1 is 1.67 bits per heavy atom. The summed E-state index contributed by atoms with van der Waals surface area (Å²) in [6, 6.07) is 2.68. The first kappa shape index (κ1) is 6.16. The molecule has 0 aliphatic carbocycles. The highest BCUT2D eigenvalue weighted by Crippen LogP contribution is 2.12. The molecule has 1 aromatic heterocycles. The smallest absolute Gasteiger partial charge is 0.371 e. The van der Waals surface area contributed by atoms with E-state index in [1.807, 2.05) is 0 Å². The Morgan fingerprint density at radius 2 is 2.33 bits per heavy atom. The van der Waals surface area contributed by atoms with Crippen LogP contribution in [0.4, 0.5) is 0 Å². The Labute approximate surface area is 55.8 Å². The Balaban J connectivity index is 2.98. The lowest BCUT2D eigenvalue weighted by Gasteiger charge is -1.80. The first-order valence-electron chi connectivity index (χ1n) is 2.19. The summed E-state index contributed by atoms with van der Waals surface area (Å²) in [5, 5.41) is 8.34. The molecule has 9 heavy (non-hydrogen) atoms. The molecule has 0 bridgehead atoms. The van der Waals surface area contributed by atoms with Gasteiger partial charge in [0.25, 0.3) is 0 Å². The number of aromatic carboxylic acids is 1. The van der Waals surface area contributed by atoms with Gasteiger partial charge in [0.15, 0.2) is 5.22 Å². The third kappa shape index (κ3) is 1.23. The van der Waals surface area contributed by atoms with Crippen LogP contribution in [0.2, 0.25) is 5.22 Å². The summed E-state index contributed by atoms with van der Waals surface area (Å²) in [5.74, 6) is -1.25. The zero-order chi connectivity index (χ0) is 6.85. The number of halogens is 1. The molecule has 0 atom stereocenters. The molecule has 0 aliphatic heterocycles. The second-order valence-electron chi connectivity index (χ2n) is 1.41. The number of hydrogen-bond donors (Lipinski definition) is 1. The summed E-state index contributed by atoms with van der Waals surface area (Å²) in [7, 11) is 0. The van der Waals surface area contributed by atoms with Gasteiger partial charge >= 0.3 is 5.97 Å². The van der Waals surface area contributed by atoms with Crippen molar-refractivity contribution in [1.29, 1.82) is 0 Å². The van der Waals surface area contributed by atoms with Crippen LogP contribution in [0.25, 0.3) is 0 Å². The normalized spacial score (nSPS) is 9.44. The van der Waals surface area contributed by atoms with Crippen molar-refractivity contribution in [3.63, 3.8) is 0 Å². The minimum absolute atomic E-state index is 0.0902. The van der Waals surface area contributed by atoms with Gasteiger partial charge in [-0.3, -0.25) is 0 Å². The van der Waals surface area contributed by atoms with Gasteiger partial charge in [0.1, 0.15) is 0 Å². The van der Waals surface area contributed by atoms with E-state index in [1.54, 1.807) is 0 Å². The van der Waals surface area contributed by atoms with Crippen LogP contribution in [0.3, 0.4) is 0 Å². The summed E-state index contributed by atoms with van der Waals surface area (Å²) in [5.41, 5.74) is 0. The van der Waals surface area contributed by atoms with Crippen molar-refractivity contribution in [3.05, 3.63) is 23.1 Å². The highest BCUT2D eigenvalue weighted by Gasteiger charge is 2.05. The molecule has 0 amide bonds. The average molecular weight is 147 g/mol. The molecule has 1 aromatic rings. The SMILES string of the molecule is O=C(O)c1ccc(Cl)o1. The molecule has 0 saturated carbocycles. The first-order valence-corrected chi connectivity index (χ1v) is 2.56. The number of rotatable bonds is 1. The number of carbonyl (C=O) groups is 1. The van der Waals surface area contributed by atoms with Crippen molar-refractivity contribution < 1.29 is 14.3 Å². The largest absolute Gasteiger partial charge is 0.475 e. The Bertz CT molecular complexity index is 228. The van der Waals surface area contributed by atoms with Gasteiger partial charge in [-0.15, -0.1) is 0 Å². The minimum atomic E-state index is -1.11. The van der Waals surface area contributed by atoms with Crippen LogP contribution < -0.4 is 0 Å². The fourth-order valence-electron chi connectivity index (χ4n) is 0.429. The molecule has 0 unspecified atom stereocenters. The van der Waals surface area contributed by atoms with Gasteiger partial charge < -0.3 is 9.52 Å². The molecule has 0 radical (unpaired) electrons. The first-order chi connectivity index (χ1) is 4.20. The summed E-state index contributed by atoms with van der Waals surface area (Å²) in [6.45, 7) is 0. The molecule has 1 N–H and O–H groups in total. The predicted octanol–water partition coefficient (Wildman–Crippen LogP) is 1.63. The van der Waals surface area contributed by atoms with Crippen molar-refractivity contribution in [3.8, 4) is 0 Å². The van der Waals surface area contributed by atoms with Crippen LogP contribution in [-0.4, -0.2) is 11.1 Å². The molecule has 0 aliphatic rings. The Morgan fingerprint density at radius 3 is 2.56 bits per heavy atom. The highest BCUT2D eigenvalue weighted by molar-refractivity contribution is 6.29. The lowest BCUT2D eigenvalue weighted by molar-refractivity contribution is 0.0662. The molecule has 1 heterocycles. The van der Waals surface area contributed by atoms with Gasteiger partial charge in [0.05, 0.1) is 0 Å². The van der Waals surface area contributed by atoms with Crippen LogP contribution in [0.5, 0.6) is 0 Å². The lowest BCUT2D eigenvalue weighted by atomic mass is 10.5. The number of furan rings is 1. The molecule has 1 rings (SSSR count). The van der Waals surface area contributed by atoms with Crippen LogP contribution in [-0.2, 0) is 0 Å². The zero-order valence-electron chi connectivity index (χ0n) is 4.30. The minimum Gasteiger partial charge on any atom is -0.475 e. The lowest BCUT2D eigenvalue weighted by Crippen LogP contribution is -1.91. The topological polar surface area (TPSA) is 50.4 Å². The van der Waals surface area contributed by atoms with E-state index in [1.165, 1.54) is 12.1 Å². The molecule has 48 valence electrons. The standard InChI is InChI=1S/C5H3ClO3/c6-4-2-1-3(9-4)5(7)8/h1-2H,(H,7,8). The fraction of sp³-hybridized carbons (Fsp3) is 0. The molecule has 0 saturated heterocycles. The number of carboxylic acids is 1. The molecule has 4 heteroatoms. The second kappa shape index (κ2) is 2.11. The van der Waals surface area contributed by atoms with Crippen molar-refractivity contribution in [2.24, 2.45) is 0 Å². The highest BCUT2D eigenvalue weighted by atomic mass is 35.5.